The third-order valence-corrected chi connectivity index (χ3v) is 2.94. The van der Waals surface area contributed by atoms with Crippen molar-refractivity contribution in [3.05, 3.63) is 29.3 Å². The highest BCUT2D eigenvalue weighted by Gasteiger charge is 2.08. The highest BCUT2D eigenvalue weighted by atomic mass is 28.3. The number of carboxylic acid groups (broad SMARTS) is 1. The molecule has 0 spiro atoms. The van der Waals surface area contributed by atoms with E-state index in [9.17, 15) is 4.79 Å². The second-order valence-corrected chi connectivity index (χ2v) is 9.71. The molecule has 0 fully saturated rings. The van der Waals surface area contributed by atoms with E-state index in [1.807, 2.05) is 19.1 Å². The number of nitrogens with one attached hydrogen (secondary N) is 1. The van der Waals surface area contributed by atoms with Crippen LogP contribution in [-0.2, 0) is 0 Å². The van der Waals surface area contributed by atoms with E-state index >= 15 is 0 Å². The van der Waals surface area contributed by atoms with Gasteiger partial charge < -0.3 is 5.11 Å². The zero-order chi connectivity index (χ0) is 13.1. The average Bonchev–Trinajstić information content (AvgIpc) is 2.17. The number of amides is 1. The van der Waals surface area contributed by atoms with E-state index in [1.165, 1.54) is 0 Å². The van der Waals surface area contributed by atoms with Crippen molar-refractivity contribution in [2.75, 3.05) is 5.32 Å². The van der Waals surface area contributed by atoms with Crippen molar-refractivity contribution in [2.45, 2.75) is 26.6 Å². The quantitative estimate of drug-likeness (QED) is 0.591. The van der Waals surface area contributed by atoms with E-state index in [1.54, 1.807) is 6.07 Å². The molecular weight excluding hydrogens is 230 g/mol. The molecule has 17 heavy (non-hydrogen) atoms. The van der Waals surface area contributed by atoms with Crippen molar-refractivity contribution >= 4 is 19.9 Å². The molecule has 0 aliphatic carbocycles. The standard InChI is InChI=1S/C13H17NO2Si/c1-10-5-6-11(7-8-17(2,3)4)9-12(10)14-13(15)16/h5-6,9,14H,1-4H3,(H,15,16). The summed E-state index contributed by atoms with van der Waals surface area (Å²) >= 11 is 0. The van der Waals surface area contributed by atoms with Gasteiger partial charge in [0.05, 0.1) is 0 Å². The van der Waals surface area contributed by atoms with Gasteiger partial charge in [-0.05, 0) is 24.6 Å². The maximum Gasteiger partial charge on any atom is 0.409 e. The van der Waals surface area contributed by atoms with E-state index in [-0.39, 0.29) is 0 Å². The van der Waals surface area contributed by atoms with Crippen LogP contribution in [0.25, 0.3) is 0 Å². The molecule has 0 aromatic heterocycles. The molecule has 1 rings (SSSR count). The first-order valence-corrected chi connectivity index (χ1v) is 8.92. The number of hydrogen-bond acceptors (Lipinski definition) is 1. The highest BCUT2D eigenvalue weighted by molar-refractivity contribution is 6.83. The van der Waals surface area contributed by atoms with Gasteiger partial charge in [0.25, 0.3) is 0 Å². The normalized spacial score (nSPS) is 10.4. The number of anilines is 1. The first-order chi connectivity index (χ1) is 7.78. The van der Waals surface area contributed by atoms with Gasteiger partial charge in [-0.25, -0.2) is 4.79 Å². The van der Waals surface area contributed by atoms with E-state index < -0.39 is 14.2 Å². The van der Waals surface area contributed by atoms with Gasteiger partial charge in [-0.2, -0.15) is 0 Å². The zero-order valence-electron chi connectivity index (χ0n) is 10.6. The molecule has 1 amide bonds. The molecular formula is C13H17NO2Si. The molecule has 0 unspecified atom stereocenters. The van der Waals surface area contributed by atoms with Gasteiger partial charge in [0.1, 0.15) is 8.07 Å². The Morgan fingerprint density at radius 1 is 1.35 bits per heavy atom. The average molecular weight is 247 g/mol. The zero-order valence-corrected chi connectivity index (χ0v) is 11.6. The number of hydrogen-bond donors (Lipinski definition) is 2. The SMILES string of the molecule is Cc1ccc(C#C[Si](C)(C)C)cc1NC(=O)O. The first-order valence-electron chi connectivity index (χ1n) is 5.42. The van der Waals surface area contributed by atoms with E-state index in [2.05, 4.69) is 36.4 Å². The maximum absolute atomic E-state index is 10.6. The van der Waals surface area contributed by atoms with Crippen LogP contribution in [0.4, 0.5) is 10.5 Å². The predicted molar refractivity (Wildman–Crippen MR) is 73.1 cm³/mol. The van der Waals surface area contributed by atoms with Crippen LogP contribution in [-0.4, -0.2) is 19.3 Å². The Balaban J connectivity index is 3.03. The predicted octanol–water partition coefficient (Wildman–Crippen LogP) is 3.31. The third-order valence-electron chi connectivity index (χ3n) is 2.06. The molecule has 0 saturated carbocycles. The summed E-state index contributed by atoms with van der Waals surface area (Å²) in [6.07, 6.45) is -1.05. The largest absolute Gasteiger partial charge is 0.465 e. The van der Waals surface area contributed by atoms with Gasteiger partial charge in [0, 0.05) is 11.3 Å². The van der Waals surface area contributed by atoms with Crippen LogP contribution in [0.2, 0.25) is 19.6 Å². The molecule has 0 atom stereocenters. The summed E-state index contributed by atoms with van der Waals surface area (Å²) in [7, 11) is -1.40. The molecule has 0 saturated heterocycles. The van der Waals surface area contributed by atoms with Crippen molar-refractivity contribution in [3.8, 4) is 11.5 Å². The summed E-state index contributed by atoms with van der Waals surface area (Å²) in [6, 6.07) is 5.56. The minimum Gasteiger partial charge on any atom is -0.465 e. The molecule has 0 bridgehead atoms. The lowest BCUT2D eigenvalue weighted by molar-refractivity contribution is 0.209. The summed E-state index contributed by atoms with van der Waals surface area (Å²) in [5.74, 6) is 3.10. The molecule has 0 radical (unpaired) electrons. The summed E-state index contributed by atoms with van der Waals surface area (Å²) in [4.78, 5) is 10.6. The van der Waals surface area contributed by atoms with E-state index in [0.29, 0.717) is 5.69 Å². The minimum absolute atomic E-state index is 0.597. The van der Waals surface area contributed by atoms with Gasteiger partial charge in [0.2, 0.25) is 0 Å². The van der Waals surface area contributed by atoms with E-state index in [4.69, 9.17) is 5.11 Å². The second kappa shape index (κ2) is 5.06. The number of rotatable bonds is 1. The number of carbonyl (C=O) groups is 1. The fraction of sp³-hybridized carbons (Fsp3) is 0.308. The number of aryl methyl sites for hydroxylation is 1. The topological polar surface area (TPSA) is 49.3 Å². The Kier molecular flexibility index (Phi) is 3.97. The second-order valence-electron chi connectivity index (χ2n) is 4.96. The van der Waals surface area contributed by atoms with Gasteiger partial charge >= 0.3 is 6.09 Å². The van der Waals surface area contributed by atoms with Gasteiger partial charge in [-0.15, -0.1) is 5.54 Å². The maximum atomic E-state index is 10.6. The third kappa shape index (κ3) is 4.75. The van der Waals surface area contributed by atoms with Crippen LogP contribution in [0.15, 0.2) is 18.2 Å². The Labute approximate surface area is 103 Å². The molecule has 0 aliphatic rings. The monoisotopic (exact) mass is 247 g/mol. The Morgan fingerprint density at radius 2 is 2.00 bits per heavy atom. The van der Waals surface area contributed by atoms with Crippen molar-refractivity contribution in [2.24, 2.45) is 0 Å². The van der Waals surface area contributed by atoms with Crippen molar-refractivity contribution in [3.63, 3.8) is 0 Å². The molecule has 0 aliphatic heterocycles. The van der Waals surface area contributed by atoms with Crippen molar-refractivity contribution in [1.29, 1.82) is 0 Å². The summed E-state index contributed by atoms with van der Waals surface area (Å²) in [5, 5.41) is 11.1. The van der Waals surface area contributed by atoms with E-state index in [0.717, 1.165) is 11.1 Å². The first kappa shape index (κ1) is 13.3. The lowest BCUT2D eigenvalue weighted by Crippen LogP contribution is -2.16. The molecule has 2 N–H and O–H groups in total. The van der Waals surface area contributed by atoms with Crippen LogP contribution in [0.3, 0.4) is 0 Å². The summed E-state index contributed by atoms with van der Waals surface area (Å²) in [6.45, 7) is 8.38. The summed E-state index contributed by atoms with van der Waals surface area (Å²) < 4.78 is 0. The highest BCUT2D eigenvalue weighted by Crippen LogP contribution is 2.16. The lowest BCUT2D eigenvalue weighted by atomic mass is 10.1. The smallest absolute Gasteiger partial charge is 0.409 e. The minimum atomic E-state index is -1.40. The van der Waals surface area contributed by atoms with Crippen LogP contribution < -0.4 is 5.32 Å². The van der Waals surface area contributed by atoms with Crippen molar-refractivity contribution in [1.82, 2.24) is 0 Å². The summed E-state index contributed by atoms with van der Waals surface area (Å²) in [5.41, 5.74) is 5.59. The Hall–Kier alpha value is -1.73. The molecule has 1 aromatic carbocycles. The molecule has 90 valence electrons. The number of benzene rings is 1. The van der Waals surface area contributed by atoms with Crippen LogP contribution >= 0.6 is 0 Å². The van der Waals surface area contributed by atoms with Crippen LogP contribution in [0.1, 0.15) is 11.1 Å². The molecule has 4 heteroatoms. The van der Waals surface area contributed by atoms with Gasteiger partial charge in [0.15, 0.2) is 0 Å². The lowest BCUT2D eigenvalue weighted by Gasteiger charge is -2.06. The molecule has 0 heterocycles. The Bertz CT molecular complexity index is 492. The fourth-order valence-corrected chi connectivity index (χ4v) is 1.73. The van der Waals surface area contributed by atoms with Crippen molar-refractivity contribution < 1.29 is 9.90 Å². The van der Waals surface area contributed by atoms with Crippen LogP contribution in [0, 0.1) is 18.4 Å². The fourth-order valence-electron chi connectivity index (χ4n) is 1.21. The molecule has 1 aromatic rings. The molecule has 3 nitrogen and oxygen atoms in total. The van der Waals surface area contributed by atoms with Crippen LogP contribution in [0.5, 0.6) is 0 Å². The Morgan fingerprint density at radius 3 is 2.53 bits per heavy atom. The van der Waals surface area contributed by atoms with Gasteiger partial charge in [-0.1, -0.05) is 31.6 Å². The van der Waals surface area contributed by atoms with Gasteiger partial charge in [-0.3, -0.25) is 5.32 Å².